The molecule has 0 saturated carbocycles. The summed E-state index contributed by atoms with van der Waals surface area (Å²) in [5.74, 6) is -0.556. The number of nitrogens with zero attached hydrogens (tertiary/aromatic N) is 1. The van der Waals surface area contributed by atoms with Crippen LogP contribution in [0.2, 0.25) is 10.0 Å². The zero-order chi connectivity index (χ0) is 15.6. The quantitative estimate of drug-likeness (QED) is 0.867. The van der Waals surface area contributed by atoms with Gasteiger partial charge in [0.2, 0.25) is 0 Å². The SMILES string of the molecule is O=C(Nc1ccc(C(F)(F)F)cn1)c1ccc(Cl)c(Cl)c1. The molecular formula is C13H7Cl2F3N2O. The number of amides is 1. The van der Waals surface area contributed by atoms with Gasteiger partial charge in [-0.15, -0.1) is 0 Å². The summed E-state index contributed by atoms with van der Waals surface area (Å²) in [5, 5.41) is 2.86. The summed E-state index contributed by atoms with van der Waals surface area (Å²) >= 11 is 11.5. The van der Waals surface area contributed by atoms with Gasteiger partial charge < -0.3 is 5.32 Å². The van der Waals surface area contributed by atoms with Crippen LogP contribution in [-0.4, -0.2) is 10.9 Å². The van der Waals surface area contributed by atoms with Crippen molar-refractivity contribution in [3.63, 3.8) is 0 Å². The Morgan fingerprint density at radius 3 is 2.33 bits per heavy atom. The third kappa shape index (κ3) is 3.86. The molecule has 0 aliphatic heterocycles. The molecule has 0 spiro atoms. The second-order valence-corrected chi connectivity index (χ2v) is 4.83. The monoisotopic (exact) mass is 334 g/mol. The highest BCUT2D eigenvalue weighted by molar-refractivity contribution is 6.42. The number of rotatable bonds is 2. The van der Waals surface area contributed by atoms with Crippen LogP contribution in [0.3, 0.4) is 0 Å². The summed E-state index contributed by atoms with van der Waals surface area (Å²) in [6, 6.07) is 6.13. The molecule has 1 amide bonds. The van der Waals surface area contributed by atoms with Crippen LogP contribution in [0.25, 0.3) is 0 Å². The molecule has 1 aromatic heterocycles. The second kappa shape index (κ2) is 5.91. The van der Waals surface area contributed by atoms with Gasteiger partial charge in [-0.05, 0) is 30.3 Å². The summed E-state index contributed by atoms with van der Waals surface area (Å²) in [5.41, 5.74) is -0.680. The smallest absolute Gasteiger partial charge is 0.307 e. The minimum absolute atomic E-state index is 0.000859. The number of anilines is 1. The molecule has 1 N–H and O–H groups in total. The van der Waals surface area contributed by atoms with E-state index in [-0.39, 0.29) is 16.4 Å². The van der Waals surface area contributed by atoms with E-state index in [4.69, 9.17) is 23.2 Å². The topological polar surface area (TPSA) is 42.0 Å². The first-order valence-corrected chi connectivity index (χ1v) is 6.32. The molecule has 2 aromatic rings. The Hall–Kier alpha value is -1.79. The predicted molar refractivity (Wildman–Crippen MR) is 73.7 cm³/mol. The number of pyridine rings is 1. The van der Waals surface area contributed by atoms with Gasteiger partial charge in [-0.3, -0.25) is 4.79 Å². The fraction of sp³-hybridized carbons (Fsp3) is 0.0769. The van der Waals surface area contributed by atoms with E-state index in [1.165, 1.54) is 18.2 Å². The molecule has 8 heteroatoms. The van der Waals surface area contributed by atoms with E-state index in [0.717, 1.165) is 12.1 Å². The van der Waals surface area contributed by atoms with Crippen LogP contribution in [0.15, 0.2) is 36.5 Å². The van der Waals surface area contributed by atoms with Gasteiger partial charge in [-0.25, -0.2) is 4.98 Å². The van der Waals surface area contributed by atoms with E-state index < -0.39 is 17.6 Å². The van der Waals surface area contributed by atoms with E-state index in [0.29, 0.717) is 11.2 Å². The van der Waals surface area contributed by atoms with E-state index in [1.807, 2.05) is 0 Å². The van der Waals surface area contributed by atoms with Gasteiger partial charge in [0.15, 0.2) is 0 Å². The molecule has 0 aliphatic carbocycles. The molecule has 0 radical (unpaired) electrons. The van der Waals surface area contributed by atoms with Crippen molar-refractivity contribution in [1.82, 2.24) is 4.98 Å². The molecule has 0 bridgehead atoms. The Bertz CT molecular complexity index is 672. The van der Waals surface area contributed by atoms with E-state index >= 15 is 0 Å². The number of hydrogen-bond acceptors (Lipinski definition) is 2. The average molecular weight is 335 g/mol. The highest BCUT2D eigenvalue weighted by Crippen LogP contribution is 2.29. The van der Waals surface area contributed by atoms with Gasteiger partial charge >= 0.3 is 6.18 Å². The lowest BCUT2D eigenvalue weighted by molar-refractivity contribution is -0.137. The van der Waals surface area contributed by atoms with Crippen molar-refractivity contribution in [3.05, 3.63) is 57.7 Å². The number of hydrogen-bond donors (Lipinski definition) is 1. The van der Waals surface area contributed by atoms with Gasteiger partial charge in [0.25, 0.3) is 5.91 Å². The van der Waals surface area contributed by atoms with Crippen LogP contribution in [0.4, 0.5) is 19.0 Å². The van der Waals surface area contributed by atoms with Crippen LogP contribution in [0.5, 0.6) is 0 Å². The lowest BCUT2D eigenvalue weighted by Gasteiger charge is -2.08. The first-order chi connectivity index (χ1) is 9.77. The van der Waals surface area contributed by atoms with Gasteiger partial charge in [-0.1, -0.05) is 23.2 Å². The number of alkyl halides is 3. The Balaban J connectivity index is 2.14. The normalized spacial score (nSPS) is 11.3. The van der Waals surface area contributed by atoms with E-state index in [1.54, 1.807) is 0 Å². The Kier molecular flexibility index (Phi) is 4.39. The van der Waals surface area contributed by atoms with E-state index in [9.17, 15) is 18.0 Å². The predicted octanol–water partition coefficient (Wildman–Crippen LogP) is 4.66. The van der Waals surface area contributed by atoms with Crippen LogP contribution in [0, 0.1) is 0 Å². The Morgan fingerprint density at radius 2 is 1.81 bits per heavy atom. The largest absolute Gasteiger partial charge is 0.417 e. The summed E-state index contributed by atoms with van der Waals surface area (Å²) in [4.78, 5) is 15.4. The maximum Gasteiger partial charge on any atom is 0.417 e. The maximum atomic E-state index is 12.4. The molecular weight excluding hydrogens is 328 g/mol. The van der Waals surface area contributed by atoms with Crippen LogP contribution >= 0.6 is 23.2 Å². The number of carbonyl (C=O) groups is 1. The van der Waals surface area contributed by atoms with E-state index in [2.05, 4.69) is 10.3 Å². The van der Waals surface area contributed by atoms with Crippen molar-refractivity contribution < 1.29 is 18.0 Å². The summed E-state index contributed by atoms with van der Waals surface area (Å²) in [6.07, 6.45) is -3.83. The Morgan fingerprint density at radius 1 is 1.10 bits per heavy atom. The molecule has 21 heavy (non-hydrogen) atoms. The lowest BCUT2D eigenvalue weighted by atomic mass is 10.2. The minimum Gasteiger partial charge on any atom is -0.307 e. The fourth-order valence-corrected chi connectivity index (χ4v) is 1.76. The van der Waals surface area contributed by atoms with Crippen molar-refractivity contribution in [2.24, 2.45) is 0 Å². The third-order valence-electron chi connectivity index (χ3n) is 2.51. The number of benzene rings is 1. The van der Waals surface area contributed by atoms with Crippen molar-refractivity contribution in [1.29, 1.82) is 0 Å². The number of nitrogens with one attached hydrogen (secondary N) is 1. The third-order valence-corrected chi connectivity index (χ3v) is 3.25. The molecule has 1 heterocycles. The van der Waals surface area contributed by atoms with Crippen molar-refractivity contribution >= 4 is 34.9 Å². The average Bonchev–Trinajstić information content (AvgIpc) is 2.41. The second-order valence-electron chi connectivity index (χ2n) is 4.01. The Labute approximate surface area is 127 Å². The van der Waals surface area contributed by atoms with Crippen molar-refractivity contribution in [2.75, 3.05) is 5.32 Å². The highest BCUT2D eigenvalue weighted by atomic mass is 35.5. The standard InChI is InChI=1S/C13H7Cl2F3N2O/c14-9-3-1-7(5-10(9)15)12(21)20-11-4-2-8(6-19-11)13(16,17)18/h1-6H,(H,19,20,21). The molecule has 0 atom stereocenters. The highest BCUT2D eigenvalue weighted by Gasteiger charge is 2.30. The number of halogens is 5. The molecule has 0 unspecified atom stereocenters. The van der Waals surface area contributed by atoms with Crippen LogP contribution in [-0.2, 0) is 6.18 Å². The zero-order valence-corrected chi connectivity index (χ0v) is 11.7. The first kappa shape index (κ1) is 15.6. The summed E-state index contributed by atoms with van der Waals surface area (Å²) < 4.78 is 37.1. The maximum absolute atomic E-state index is 12.4. The molecule has 110 valence electrons. The fourth-order valence-electron chi connectivity index (χ4n) is 1.46. The molecule has 0 aliphatic rings. The molecule has 0 fully saturated rings. The molecule has 3 nitrogen and oxygen atoms in total. The van der Waals surface area contributed by atoms with Crippen LogP contribution < -0.4 is 5.32 Å². The number of carbonyl (C=O) groups excluding carboxylic acids is 1. The van der Waals surface area contributed by atoms with Crippen LogP contribution in [0.1, 0.15) is 15.9 Å². The minimum atomic E-state index is -4.47. The lowest BCUT2D eigenvalue weighted by Crippen LogP contribution is -2.13. The first-order valence-electron chi connectivity index (χ1n) is 5.57. The number of aromatic nitrogens is 1. The summed E-state index contributed by atoms with van der Waals surface area (Å²) in [6.45, 7) is 0. The molecule has 2 rings (SSSR count). The molecule has 1 aromatic carbocycles. The van der Waals surface area contributed by atoms with Crippen molar-refractivity contribution in [3.8, 4) is 0 Å². The van der Waals surface area contributed by atoms with Gasteiger partial charge in [0.1, 0.15) is 5.82 Å². The van der Waals surface area contributed by atoms with Gasteiger partial charge in [-0.2, -0.15) is 13.2 Å². The summed E-state index contributed by atoms with van der Waals surface area (Å²) in [7, 11) is 0. The zero-order valence-electron chi connectivity index (χ0n) is 10.2. The van der Waals surface area contributed by atoms with Crippen molar-refractivity contribution in [2.45, 2.75) is 6.18 Å². The van der Waals surface area contributed by atoms with Gasteiger partial charge in [0, 0.05) is 11.8 Å². The molecule has 0 saturated heterocycles. The van der Waals surface area contributed by atoms with Gasteiger partial charge in [0.05, 0.1) is 15.6 Å².